The van der Waals surface area contributed by atoms with Gasteiger partial charge in [0, 0.05) is 9.86 Å². The minimum Gasteiger partial charge on any atom is -0.377 e. The Kier molecular flexibility index (Phi) is 2.07. The summed E-state index contributed by atoms with van der Waals surface area (Å²) >= 11 is 3.48. The van der Waals surface area contributed by atoms with Gasteiger partial charge in [-0.05, 0) is 25.1 Å². The van der Waals surface area contributed by atoms with Crippen molar-refractivity contribution in [3.05, 3.63) is 28.4 Å². The van der Waals surface area contributed by atoms with Gasteiger partial charge in [0.1, 0.15) is 0 Å². The van der Waals surface area contributed by atoms with Gasteiger partial charge < -0.3 is 4.74 Å². The molecule has 1 aliphatic rings. The lowest BCUT2D eigenvalue weighted by Gasteiger charge is -2.26. The second kappa shape index (κ2) is 3.32. The van der Waals surface area contributed by atoms with Crippen molar-refractivity contribution < 1.29 is 4.74 Å². The van der Waals surface area contributed by atoms with Gasteiger partial charge >= 0.3 is 0 Å². The molecule has 0 aliphatic carbocycles. The normalized spacial score (nSPS) is 16.9. The Labute approximate surface area is 96.2 Å². The highest BCUT2D eigenvalue weighted by Gasteiger charge is 2.23. The van der Waals surface area contributed by atoms with E-state index in [4.69, 9.17) is 4.74 Å². The minimum atomic E-state index is 0.419. The summed E-state index contributed by atoms with van der Waals surface area (Å²) in [7, 11) is 0. The molecular weight excluding hydrogens is 256 g/mol. The van der Waals surface area contributed by atoms with E-state index in [2.05, 4.69) is 43.9 Å². The lowest BCUT2D eigenvalue weighted by atomic mass is 10.2. The highest BCUT2D eigenvalue weighted by molar-refractivity contribution is 9.10. The second-order valence-corrected chi connectivity index (χ2v) is 4.80. The quantitative estimate of drug-likeness (QED) is 0.794. The number of fused-ring (bicyclic) bond motifs is 1. The number of halogens is 1. The highest BCUT2D eigenvalue weighted by Crippen LogP contribution is 2.27. The topological polar surface area (TPSA) is 27.1 Å². The third-order valence-electron chi connectivity index (χ3n) is 2.82. The monoisotopic (exact) mass is 266 g/mol. The third-order valence-corrected chi connectivity index (χ3v) is 3.31. The first-order valence-corrected chi connectivity index (χ1v) is 5.77. The Morgan fingerprint density at radius 3 is 2.93 bits per heavy atom. The Balaban J connectivity index is 2.22. The molecule has 1 fully saturated rings. The number of rotatable bonds is 1. The summed E-state index contributed by atoms with van der Waals surface area (Å²) in [5.41, 5.74) is 2.28. The van der Waals surface area contributed by atoms with Crippen molar-refractivity contribution in [3.8, 4) is 0 Å². The van der Waals surface area contributed by atoms with Crippen LogP contribution in [0.15, 0.2) is 22.7 Å². The second-order valence-electron chi connectivity index (χ2n) is 3.88. The maximum Gasteiger partial charge on any atom is 0.0992 e. The van der Waals surface area contributed by atoms with Crippen LogP contribution in [0.4, 0.5) is 0 Å². The van der Waals surface area contributed by atoms with Crippen molar-refractivity contribution in [1.29, 1.82) is 0 Å². The molecule has 2 heterocycles. The molecule has 2 aromatic rings. The zero-order valence-electron chi connectivity index (χ0n) is 8.40. The predicted molar refractivity (Wildman–Crippen MR) is 62.0 cm³/mol. The van der Waals surface area contributed by atoms with Gasteiger partial charge in [-0.25, -0.2) is 0 Å². The van der Waals surface area contributed by atoms with Crippen LogP contribution < -0.4 is 0 Å². The number of aryl methyl sites for hydroxylation is 1. The number of ether oxygens (including phenoxy) is 1. The average Bonchev–Trinajstić information content (AvgIpc) is 2.41. The van der Waals surface area contributed by atoms with Gasteiger partial charge in [0.05, 0.1) is 30.5 Å². The predicted octanol–water partition coefficient (Wildman–Crippen LogP) is 2.68. The van der Waals surface area contributed by atoms with Crippen molar-refractivity contribution in [2.45, 2.75) is 13.0 Å². The van der Waals surface area contributed by atoms with E-state index < -0.39 is 0 Å². The Bertz CT molecular complexity index is 517. The third kappa shape index (κ3) is 1.40. The van der Waals surface area contributed by atoms with Crippen molar-refractivity contribution in [2.24, 2.45) is 0 Å². The Morgan fingerprint density at radius 1 is 1.47 bits per heavy atom. The fourth-order valence-corrected chi connectivity index (χ4v) is 2.27. The van der Waals surface area contributed by atoms with E-state index in [0.29, 0.717) is 6.04 Å². The van der Waals surface area contributed by atoms with E-state index in [1.54, 1.807) is 0 Å². The summed E-state index contributed by atoms with van der Waals surface area (Å²) < 4.78 is 8.38. The molecular formula is C11H11BrN2O. The molecule has 0 N–H and O–H groups in total. The maximum absolute atomic E-state index is 5.20. The zero-order valence-corrected chi connectivity index (χ0v) is 9.99. The van der Waals surface area contributed by atoms with Crippen LogP contribution in [0, 0.1) is 6.92 Å². The summed E-state index contributed by atoms with van der Waals surface area (Å²) in [5.74, 6) is 0. The maximum atomic E-state index is 5.20. The molecule has 0 radical (unpaired) electrons. The standard InChI is InChI=1S/C11H11BrN2O/c1-7-10-4-8(12)2-3-11(10)14(13-7)9-5-15-6-9/h2-4,9H,5-6H2,1H3. The van der Waals surface area contributed by atoms with Gasteiger partial charge in [-0.15, -0.1) is 0 Å². The van der Waals surface area contributed by atoms with E-state index in [1.807, 2.05) is 6.92 Å². The molecule has 0 bridgehead atoms. The van der Waals surface area contributed by atoms with Gasteiger partial charge in [-0.1, -0.05) is 15.9 Å². The molecule has 0 spiro atoms. The summed E-state index contributed by atoms with van der Waals surface area (Å²) in [5, 5.41) is 5.79. The molecule has 1 aromatic carbocycles. The smallest absolute Gasteiger partial charge is 0.0992 e. The number of nitrogens with zero attached hydrogens (tertiary/aromatic N) is 2. The molecule has 0 amide bonds. The van der Waals surface area contributed by atoms with Crippen LogP contribution in [-0.4, -0.2) is 23.0 Å². The number of hydrogen-bond acceptors (Lipinski definition) is 2. The van der Waals surface area contributed by atoms with Crippen molar-refractivity contribution >= 4 is 26.8 Å². The first-order chi connectivity index (χ1) is 7.25. The highest BCUT2D eigenvalue weighted by atomic mass is 79.9. The molecule has 0 saturated carbocycles. The van der Waals surface area contributed by atoms with E-state index >= 15 is 0 Å². The van der Waals surface area contributed by atoms with Gasteiger partial charge in [0.2, 0.25) is 0 Å². The lowest BCUT2D eigenvalue weighted by Crippen LogP contribution is -2.31. The van der Waals surface area contributed by atoms with Crippen LogP contribution in [0.25, 0.3) is 10.9 Å². The fourth-order valence-electron chi connectivity index (χ4n) is 1.91. The van der Waals surface area contributed by atoms with E-state index in [0.717, 1.165) is 23.4 Å². The number of benzene rings is 1. The SMILES string of the molecule is Cc1nn(C2COC2)c2ccc(Br)cc12. The number of aromatic nitrogens is 2. The summed E-state index contributed by atoms with van der Waals surface area (Å²) in [6.45, 7) is 3.61. The van der Waals surface area contributed by atoms with Gasteiger partial charge in [-0.2, -0.15) is 5.10 Å². The largest absolute Gasteiger partial charge is 0.377 e. The molecule has 0 atom stereocenters. The molecule has 15 heavy (non-hydrogen) atoms. The lowest BCUT2D eigenvalue weighted by molar-refractivity contribution is -0.0267. The molecule has 3 nitrogen and oxygen atoms in total. The molecule has 1 aliphatic heterocycles. The molecule has 78 valence electrons. The summed E-state index contributed by atoms with van der Waals surface area (Å²) in [4.78, 5) is 0. The van der Waals surface area contributed by atoms with E-state index in [1.165, 1.54) is 10.9 Å². The molecule has 0 unspecified atom stereocenters. The molecule has 4 heteroatoms. The first kappa shape index (κ1) is 9.36. The molecule has 1 aromatic heterocycles. The summed E-state index contributed by atoms with van der Waals surface area (Å²) in [6, 6.07) is 6.70. The van der Waals surface area contributed by atoms with Crippen molar-refractivity contribution in [3.63, 3.8) is 0 Å². The van der Waals surface area contributed by atoms with Gasteiger partial charge in [-0.3, -0.25) is 4.68 Å². The first-order valence-electron chi connectivity index (χ1n) is 4.98. The fraction of sp³-hybridized carbons (Fsp3) is 0.364. The zero-order chi connectivity index (χ0) is 10.4. The van der Waals surface area contributed by atoms with Gasteiger partial charge in [0.25, 0.3) is 0 Å². The Morgan fingerprint density at radius 2 is 2.27 bits per heavy atom. The van der Waals surface area contributed by atoms with Crippen LogP contribution in [-0.2, 0) is 4.74 Å². The van der Waals surface area contributed by atoms with Crippen LogP contribution >= 0.6 is 15.9 Å². The van der Waals surface area contributed by atoms with Crippen LogP contribution in [0.2, 0.25) is 0 Å². The molecule has 3 rings (SSSR count). The minimum absolute atomic E-state index is 0.419. The van der Waals surface area contributed by atoms with Crippen LogP contribution in [0.1, 0.15) is 11.7 Å². The summed E-state index contributed by atoms with van der Waals surface area (Å²) in [6.07, 6.45) is 0. The Hall–Kier alpha value is -0.870. The van der Waals surface area contributed by atoms with E-state index in [-0.39, 0.29) is 0 Å². The molecule has 1 saturated heterocycles. The van der Waals surface area contributed by atoms with Crippen LogP contribution in [0.5, 0.6) is 0 Å². The van der Waals surface area contributed by atoms with E-state index in [9.17, 15) is 0 Å². The average molecular weight is 267 g/mol. The van der Waals surface area contributed by atoms with Crippen molar-refractivity contribution in [2.75, 3.05) is 13.2 Å². The van der Waals surface area contributed by atoms with Gasteiger partial charge in [0.15, 0.2) is 0 Å². The van der Waals surface area contributed by atoms with Crippen LogP contribution in [0.3, 0.4) is 0 Å². The van der Waals surface area contributed by atoms with Crippen molar-refractivity contribution in [1.82, 2.24) is 9.78 Å². The number of hydrogen-bond donors (Lipinski definition) is 0.